The van der Waals surface area contributed by atoms with Crippen molar-refractivity contribution < 1.29 is 0 Å². The van der Waals surface area contributed by atoms with Crippen molar-refractivity contribution in [1.29, 1.82) is 0 Å². The van der Waals surface area contributed by atoms with Gasteiger partial charge in [-0.1, -0.05) is 35.9 Å². The van der Waals surface area contributed by atoms with Gasteiger partial charge in [0, 0.05) is 0 Å². The molecule has 2 aliphatic carbocycles. The van der Waals surface area contributed by atoms with Crippen molar-refractivity contribution in [3.63, 3.8) is 0 Å². The third kappa shape index (κ3) is 1.13. The van der Waals surface area contributed by atoms with E-state index in [0.29, 0.717) is 0 Å². The van der Waals surface area contributed by atoms with Crippen LogP contribution in [0.15, 0.2) is 24.3 Å². The van der Waals surface area contributed by atoms with E-state index in [-0.39, 0.29) is 0 Å². The second-order valence-corrected chi connectivity index (χ2v) is 4.37. The van der Waals surface area contributed by atoms with E-state index in [9.17, 15) is 0 Å². The number of benzene rings is 1. The highest BCUT2D eigenvalue weighted by Crippen LogP contribution is 2.52. The highest BCUT2D eigenvalue weighted by atomic mass is 14.4. The van der Waals surface area contributed by atoms with Gasteiger partial charge in [0.2, 0.25) is 0 Å². The lowest BCUT2D eigenvalue weighted by Gasteiger charge is -2.04. The summed E-state index contributed by atoms with van der Waals surface area (Å²) < 4.78 is 0. The first kappa shape index (κ1) is 7.37. The van der Waals surface area contributed by atoms with Crippen molar-refractivity contribution in [3.05, 3.63) is 41.0 Å². The Hall–Kier alpha value is -1.04. The van der Waals surface area contributed by atoms with E-state index in [1.54, 1.807) is 5.56 Å². The molecule has 0 heterocycles. The van der Waals surface area contributed by atoms with Crippen LogP contribution in [0.5, 0.6) is 0 Å². The van der Waals surface area contributed by atoms with E-state index in [1.807, 2.05) is 0 Å². The normalized spacial score (nSPS) is 29.0. The Morgan fingerprint density at radius 2 is 2.23 bits per heavy atom. The Bertz CT molecular complexity index is 374. The van der Waals surface area contributed by atoms with Gasteiger partial charge in [-0.05, 0) is 42.7 Å². The van der Waals surface area contributed by atoms with E-state index >= 15 is 0 Å². The number of allylic oxidation sites excluding steroid dienone is 1. The van der Waals surface area contributed by atoms with Crippen LogP contribution in [0.25, 0.3) is 6.08 Å². The first-order valence-electron chi connectivity index (χ1n) is 5.12. The monoisotopic (exact) mass is 170 g/mol. The molecule has 66 valence electrons. The van der Waals surface area contributed by atoms with Crippen LogP contribution in [0, 0.1) is 12.8 Å². The molecule has 13 heavy (non-hydrogen) atoms. The molecule has 1 aromatic carbocycles. The molecule has 1 saturated carbocycles. The minimum Gasteiger partial charge on any atom is -0.0836 e. The quantitative estimate of drug-likeness (QED) is 0.559. The Morgan fingerprint density at radius 3 is 3.15 bits per heavy atom. The van der Waals surface area contributed by atoms with Crippen molar-refractivity contribution >= 4 is 6.08 Å². The molecule has 0 amide bonds. The number of rotatable bonds is 0. The molecule has 0 bridgehead atoms. The Balaban J connectivity index is 2.16. The van der Waals surface area contributed by atoms with Crippen molar-refractivity contribution in [1.82, 2.24) is 0 Å². The third-order valence-electron chi connectivity index (χ3n) is 3.30. The molecular weight excluding hydrogens is 156 g/mol. The van der Waals surface area contributed by atoms with Crippen LogP contribution < -0.4 is 0 Å². The summed E-state index contributed by atoms with van der Waals surface area (Å²) in [5.41, 5.74) is 4.45. The summed E-state index contributed by atoms with van der Waals surface area (Å²) in [6.07, 6.45) is 7.34. The summed E-state index contributed by atoms with van der Waals surface area (Å²) in [5.74, 6) is 1.84. The minimum atomic E-state index is 0.880. The fourth-order valence-corrected chi connectivity index (χ4v) is 2.43. The van der Waals surface area contributed by atoms with Gasteiger partial charge in [0.05, 0.1) is 0 Å². The summed E-state index contributed by atoms with van der Waals surface area (Å²) in [6, 6.07) is 6.85. The molecule has 1 aromatic rings. The number of hydrogen-bond acceptors (Lipinski definition) is 0. The number of hydrogen-bond donors (Lipinski definition) is 0. The van der Waals surface area contributed by atoms with E-state index in [1.165, 1.54) is 24.0 Å². The molecule has 0 nitrogen and oxygen atoms in total. The van der Waals surface area contributed by atoms with Crippen LogP contribution in [-0.4, -0.2) is 0 Å². The SMILES string of the molecule is Cc1ccc2c(c1)C1CC1CC=C2. The van der Waals surface area contributed by atoms with Crippen LogP contribution in [0.1, 0.15) is 35.4 Å². The Labute approximate surface area is 79.3 Å². The first-order chi connectivity index (χ1) is 6.34. The van der Waals surface area contributed by atoms with Gasteiger partial charge in [-0.15, -0.1) is 0 Å². The maximum Gasteiger partial charge on any atom is -0.0121 e. The maximum atomic E-state index is 2.37. The summed E-state index contributed by atoms with van der Waals surface area (Å²) >= 11 is 0. The van der Waals surface area contributed by atoms with Crippen LogP contribution in [-0.2, 0) is 0 Å². The molecule has 0 heteroatoms. The molecule has 3 rings (SSSR count). The van der Waals surface area contributed by atoms with Gasteiger partial charge < -0.3 is 0 Å². The van der Waals surface area contributed by atoms with Crippen molar-refractivity contribution in [3.8, 4) is 0 Å². The van der Waals surface area contributed by atoms with Crippen LogP contribution in [0.3, 0.4) is 0 Å². The molecular formula is C13H14. The molecule has 0 saturated heterocycles. The summed E-state index contributed by atoms with van der Waals surface area (Å²) in [7, 11) is 0. The third-order valence-corrected chi connectivity index (χ3v) is 3.30. The van der Waals surface area contributed by atoms with Crippen LogP contribution in [0.2, 0.25) is 0 Å². The van der Waals surface area contributed by atoms with Crippen LogP contribution in [0.4, 0.5) is 0 Å². The van der Waals surface area contributed by atoms with Gasteiger partial charge in [0.1, 0.15) is 0 Å². The van der Waals surface area contributed by atoms with Gasteiger partial charge in [0.15, 0.2) is 0 Å². The highest BCUT2D eigenvalue weighted by molar-refractivity contribution is 5.58. The fraction of sp³-hybridized carbons (Fsp3) is 0.385. The molecule has 2 unspecified atom stereocenters. The smallest absolute Gasteiger partial charge is 0.0121 e. The molecule has 1 fully saturated rings. The van der Waals surface area contributed by atoms with E-state index in [4.69, 9.17) is 0 Å². The van der Waals surface area contributed by atoms with Gasteiger partial charge in [-0.3, -0.25) is 0 Å². The highest BCUT2D eigenvalue weighted by Gasteiger charge is 2.39. The van der Waals surface area contributed by atoms with Gasteiger partial charge >= 0.3 is 0 Å². The molecule has 0 aromatic heterocycles. The summed E-state index contributed by atoms with van der Waals surface area (Å²) in [6.45, 7) is 2.19. The number of fused-ring (bicyclic) bond motifs is 3. The van der Waals surface area contributed by atoms with Crippen LogP contribution >= 0.6 is 0 Å². The first-order valence-corrected chi connectivity index (χ1v) is 5.12. The molecule has 2 atom stereocenters. The van der Waals surface area contributed by atoms with Crippen molar-refractivity contribution in [2.45, 2.75) is 25.7 Å². The number of aryl methyl sites for hydroxylation is 1. The molecule has 0 spiro atoms. The van der Waals surface area contributed by atoms with Gasteiger partial charge in [-0.25, -0.2) is 0 Å². The predicted octanol–water partition coefficient (Wildman–Crippen LogP) is 3.52. The zero-order valence-corrected chi connectivity index (χ0v) is 7.96. The molecule has 0 aliphatic heterocycles. The second-order valence-electron chi connectivity index (χ2n) is 4.37. The van der Waals surface area contributed by atoms with E-state index < -0.39 is 0 Å². The van der Waals surface area contributed by atoms with E-state index in [2.05, 4.69) is 37.3 Å². The predicted molar refractivity (Wildman–Crippen MR) is 55.7 cm³/mol. The molecule has 2 aliphatic rings. The lowest BCUT2D eigenvalue weighted by molar-refractivity contribution is 0.827. The standard InChI is InChI=1S/C13H14/c1-9-5-6-10-3-2-4-11-8-13(11)12(10)7-9/h2-3,5-7,11,13H,4,8H2,1H3. The zero-order chi connectivity index (χ0) is 8.84. The molecule has 0 N–H and O–H groups in total. The van der Waals surface area contributed by atoms with E-state index in [0.717, 1.165) is 11.8 Å². The lowest BCUT2D eigenvalue weighted by atomic mass is 10.0. The average Bonchev–Trinajstić information content (AvgIpc) is 2.85. The van der Waals surface area contributed by atoms with Crippen molar-refractivity contribution in [2.24, 2.45) is 5.92 Å². The fourth-order valence-electron chi connectivity index (χ4n) is 2.43. The largest absolute Gasteiger partial charge is 0.0836 e. The zero-order valence-electron chi connectivity index (χ0n) is 7.96. The average molecular weight is 170 g/mol. The summed E-state index contributed by atoms with van der Waals surface area (Å²) in [5, 5.41) is 0. The minimum absolute atomic E-state index is 0.880. The lowest BCUT2D eigenvalue weighted by Crippen LogP contribution is -1.87. The Morgan fingerprint density at radius 1 is 1.31 bits per heavy atom. The molecule has 0 radical (unpaired) electrons. The topological polar surface area (TPSA) is 0 Å². The Kier molecular flexibility index (Phi) is 1.40. The van der Waals surface area contributed by atoms with Gasteiger partial charge in [0.25, 0.3) is 0 Å². The summed E-state index contributed by atoms with van der Waals surface area (Å²) in [4.78, 5) is 0. The maximum absolute atomic E-state index is 2.37. The van der Waals surface area contributed by atoms with Gasteiger partial charge in [-0.2, -0.15) is 0 Å². The second kappa shape index (κ2) is 2.47. The van der Waals surface area contributed by atoms with Crippen molar-refractivity contribution in [2.75, 3.05) is 0 Å².